The Morgan fingerprint density at radius 1 is 1.55 bits per heavy atom. The molecule has 0 saturated carbocycles. The van der Waals surface area contributed by atoms with Gasteiger partial charge in [-0.05, 0) is 54.8 Å². The molecule has 0 radical (unpaired) electrons. The number of carbonyl (C=O) groups excluding carboxylic acids is 1. The highest BCUT2D eigenvalue weighted by Crippen LogP contribution is 2.35. The average molecular weight is 287 g/mol. The summed E-state index contributed by atoms with van der Waals surface area (Å²) in [4.78, 5) is 18.0. The summed E-state index contributed by atoms with van der Waals surface area (Å²) in [6.07, 6.45) is 4.65. The van der Waals surface area contributed by atoms with Gasteiger partial charge in [0, 0.05) is 4.88 Å². The average Bonchev–Trinajstić information content (AvgIpc) is 2.91. The number of nitrogen functional groups attached to an aromatic ring is 1. The Bertz CT molecular complexity index is 650. The van der Waals surface area contributed by atoms with E-state index in [9.17, 15) is 4.79 Å². The van der Waals surface area contributed by atoms with Crippen LogP contribution < -0.4 is 11.1 Å². The van der Waals surface area contributed by atoms with Gasteiger partial charge in [-0.15, -0.1) is 11.3 Å². The predicted molar refractivity (Wildman–Crippen MR) is 82.0 cm³/mol. The summed E-state index contributed by atoms with van der Waals surface area (Å²) < 4.78 is 0. The van der Waals surface area contributed by atoms with Crippen LogP contribution in [0, 0.1) is 6.92 Å². The zero-order valence-corrected chi connectivity index (χ0v) is 12.2. The number of aryl methyl sites for hydroxylation is 2. The van der Waals surface area contributed by atoms with E-state index in [0.29, 0.717) is 11.5 Å². The predicted octanol–water partition coefficient (Wildman–Crippen LogP) is 3.09. The molecule has 2 heterocycles. The van der Waals surface area contributed by atoms with Crippen LogP contribution >= 0.6 is 11.3 Å². The first kappa shape index (κ1) is 13.1. The lowest BCUT2D eigenvalue weighted by atomic mass is 9.87. The SMILES string of the molecule is Cc1cc(NC(=O)C2CCCc3sccc32)ncc1N. The van der Waals surface area contributed by atoms with Gasteiger partial charge in [0.25, 0.3) is 0 Å². The van der Waals surface area contributed by atoms with E-state index in [-0.39, 0.29) is 11.8 Å². The van der Waals surface area contributed by atoms with Crippen LogP contribution in [0.5, 0.6) is 0 Å². The summed E-state index contributed by atoms with van der Waals surface area (Å²) in [6.45, 7) is 1.91. The Balaban J connectivity index is 1.79. The number of nitrogens with zero attached hydrogens (tertiary/aromatic N) is 1. The summed E-state index contributed by atoms with van der Waals surface area (Å²) in [5.74, 6) is 0.551. The molecule has 0 spiro atoms. The fourth-order valence-electron chi connectivity index (χ4n) is 2.61. The van der Waals surface area contributed by atoms with E-state index < -0.39 is 0 Å². The highest BCUT2D eigenvalue weighted by atomic mass is 32.1. The van der Waals surface area contributed by atoms with Crippen molar-refractivity contribution in [3.63, 3.8) is 0 Å². The molecular weight excluding hydrogens is 270 g/mol. The van der Waals surface area contributed by atoms with E-state index in [1.165, 1.54) is 10.4 Å². The minimum atomic E-state index is -0.0512. The fraction of sp³-hybridized carbons (Fsp3) is 0.333. The molecule has 0 saturated heterocycles. The number of fused-ring (bicyclic) bond motifs is 1. The van der Waals surface area contributed by atoms with Crippen molar-refractivity contribution in [1.29, 1.82) is 0 Å². The van der Waals surface area contributed by atoms with Crippen molar-refractivity contribution in [2.45, 2.75) is 32.1 Å². The summed E-state index contributed by atoms with van der Waals surface area (Å²) in [5, 5.41) is 4.98. The molecule has 1 unspecified atom stereocenters. The van der Waals surface area contributed by atoms with Crippen molar-refractivity contribution >= 4 is 28.7 Å². The van der Waals surface area contributed by atoms with Crippen LogP contribution in [0.25, 0.3) is 0 Å². The molecule has 1 amide bonds. The zero-order chi connectivity index (χ0) is 14.1. The van der Waals surface area contributed by atoms with Crippen LogP contribution in [-0.2, 0) is 11.2 Å². The number of amides is 1. The fourth-order valence-corrected chi connectivity index (χ4v) is 3.59. The molecule has 4 nitrogen and oxygen atoms in total. The molecule has 104 valence electrons. The van der Waals surface area contributed by atoms with E-state index in [2.05, 4.69) is 21.7 Å². The molecule has 0 aliphatic heterocycles. The second-order valence-electron chi connectivity index (χ2n) is 5.16. The van der Waals surface area contributed by atoms with Gasteiger partial charge >= 0.3 is 0 Å². The van der Waals surface area contributed by atoms with Crippen molar-refractivity contribution in [3.8, 4) is 0 Å². The van der Waals surface area contributed by atoms with Gasteiger partial charge in [-0.1, -0.05) is 0 Å². The molecule has 0 bridgehead atoms. The quantitative estimate of drug-likeness (QED) is 0.892. The molecule has 3 rings (SSSR count). The first-order chi connectivity index (χ1) is 9.65. The van der Waals surface area contributed by atoms with Crippen molar-refractivity contribution in [1.82, 2.24) is 4.98 Å². The molecule has 20 heavy (non-hydrogen) atoms. The Hall–Kier alpha value is -1.88. The largest absolute Gasteiger partial charge is 0.397 e. The Labute approximate surface area is 122 Å². The van der Waals surface area contributed by atoms with Crippen molar-refractivity contribution < 1.29 is 4.79 Å². The molecule has 1 aliphatic rings. The monoisotopic (exact) mass is 287 g/mol. The topological polar surface area (TPSA) is 68.0 Å². The number of hydrogen-bond acceptors (Lipinski definition) is 4. The zero-order valence-electron chi connectivity index (χ0n) is 11.3. The van der Waals surface area contributed by atoms with E-state index in [4.69, 9.17) is 5.73 Å². The summed E-state index contributed by atoms with van der Waals surface area (Å²) in [6, 6.07) is 3.88. The smallest absolute Gasteiger partial charge is 0.233 e. The third-order valence-corrected chi connectivity index (χ3v) is 4.77. The van der Waals surface area contributed by atoms with E-state index in [1.807, 2.05) is 13.0 Å². The molecule has 2 aromatic heterocycles. The number of rotatable bonds is 2. The van der Waals surface area contributed by atoms with Crippen molar-refractivity contribution in [2.75, 3.05) is 11.1 Å². The van der Waals surface area contributed by atoms with Gasteiger partial charge in [-0.2, -0.15) is 0 Å². The number of anilines is 2. The number of aromatic nitrogens is 1. The van der Waals surface area contributed by atoms with Crippen LogP contribution in [0.15, 0.2) is 23.7 Å². The second kappa shape index (κ2) is 5.25. The minimum Gasteiger partial charge on any atom is -0.397 e. The van der Waals surface area contributed by atoms with Crippen LogP contribution in [0.4, 0.5) is 11.5 Å². The number of thiophene rings is 1. The van der Waals surface area contributed by atoms with Crippen LogP contribution in [0.3, 0.4) is 0 Å². The normalized spacial score (nSPS) is 17.6. The van der Waals surface area contributed by atoms with Gasteiger partial charge in [0.05, 0.1) is 17.8 Å². The van der Waals surface area contributed by atoms with E-state index in [0.717, 1.165) is 24.8 Å². The first-order valence-corrected chi connectivity index (χ1v) is 7.62. The highest BCUT2D eigenvalue weighted by Gasteiger charge is 2.27. The number of pyridine rings is 1. The van der Waals surface area contributed by atoms with Gasteiger partial charge in [0.2, 0.25) is 5.91 Å². The van der Waals surface area contributed by atoms with Gasteiger partial charge < -0.3 is 11.1 Å². The van der Waals surface area contributed by atoms with Gasteiger partial charge in [-0.3, -0.25) is 4.79 Å². The Kier molecular flexibility index (Phi) is 3.44. The molecule has 0 aromatic carbocycles. The second-order valence-corrected chi connectivity index (χ2v) is 6.16. The molecule has 5 heteroatoms. The van der Waals surface area contributed by atoms with Crippen LogP contribution in [0.2, 0.25) is 0 Å². The lowest BCUT2D eigenvalue weighted by Crippen LogP contribution is -2.24. The summed E-state index contributed by atoms with van der Waals surface area (Å²) in [7, 11) is 0. The van der Waals surface area contributed by atoms with Crippen molar-refractivity contribution in [3.05, 3.63) is 39.7 Å². The molecular formula is C15H17N3OS. The van der Waals surface area contributed by atoms with Gasteiger partial charge in [-0.25, -0.2) is 4.98 Å². The van der Waals surface area contributed by atoms with Crippen molar-refractivity contribution in [2.24, 2.45) is 0 Å². The maximum Gasteiger partial charge on any atom is 0.233 e. The number of carbonyl (C=O) groups is 1. The van der Waals surface area contributed by atoms with Gasteiger partial charge in [0.1, 0.15) is 5.82 Å². The first-order valence-electron chi connectivity index (χ1n) is 6.74. The lowest BCUT2D eigenvalue weighted by molar-refractivity contribution is -0.117. The Morgan fingerprint density at radius 2 is 2.40 bits per heavy atom. The molecule has 2 aromatic rings. The van der Waals surface area contributed by atoms with Gasteiger partial charge in [0.15, 0.2) is 0 Å². The number of hydrogen-bond donors (Lipinski definition) is 2. The minimum absolute atomic E-state index is 0.0287. The maximum absolute atomic E-state index is 12.4. The third-order valence-electron chi connectivity index (χ3n) is 3.77. The van der Waals surface area contributed by atoms with Crippen LogP contribution in [0.1, 0.15) is 34.8 Å². The summed E-state index contributed by atoms with van der Waals surface area (Å²) >= 11 is 1.75. The number of nitrogens with one attached hydrogen (secondary N) is 1. The molecule has 1 aliphatic carbocycles. The lowest BCUT2D eigenvalue weighted by Gasteiger charge is -2.21. The van der Waals surface area contributed by atoms with E-state index >= 15 is 0 Å². The molecule has 0 fully saturated rings. The standard InChI is InChI=1S/C15H17N3OS/c1-9-7-14(17-8-12(9)16)18-15(19)11-3-2-4-13-10(11)5-6-20-13/h5-8,11H,2-4,16H2,1H3,(H,17,18,19). The molecule has 1 atom stereocenters. The third kappa shape index (κ3) is 2.41. The molecule has 3 N–H and O–H groups in total. The van der Waals surface area contributed by atoms with Crippen LogP contribution in [-0.4, -0.2) is 10.9 Å². The summed E-state index contributed by atoms with van der Waals surface area (Å²) in [5.41, 5.74) is 8.49. The van der Waals surface area contributed by atoms with E-state index in [1.54, 1.807) is 17.5 Å². The number of nitrogens with two attached hydrogens (primary N) is 1. The maximum atomic E-state index is 12.4. The Morgan fingerprint density at radius 3 is 3.20 bits per heavy atom. The highest BCUT2D eigenvalue weighted by molar-refractivity contribution is 7.10.